The largest absolute Gasteiger partial charge is 0.462 e. The van der Waals surface area contributed by atoms with Gasteiger partial charge in [0.2, 0.25) is 0 Å². The molecule has 0 unspecified atom stereocenters. The second kappa shape index (κ2) is 9.38. The average Bonchev–Trinajstić information content (AvgIpc) is 2.64. The minimum atomic E-state index is -0.472. The minimum absolute atomic E-state index is 0.0127. The molecule has 140 valence electrons. The molecule has 0 spiro atoms. The molecular formula is C20H22N3O4+. The molecule has 0 fully saturated rings. The predicted molar refractivity (Wildman–Crippen MR) is 105 cm³/mol. The molecular weight excluding hydrogens is 346 g/mol. The Hall–Kier alpha value is -3.35. The number of aliphatic imine (C=N–C) groups is 1. The Bertz CT molecular complexity index is 875. The number of esters is 1. The molecule has 27 heavy (non-hydrogen) atoms. The van der Waals surface area contributed by atoms with Crippen LogP contribution in [-0.2, 0) is 9.53 Å². The van der Waals surface area contributed by atoms with Gasteiger partial charge in [-0.25, -0.2) is 9.37 Å². The number of nitro benzene ring substituents is 1. The molecule has 7 heteroatoms. The zero-order valence-corrected chi connectivity index (χ0v) is 15.6. The third kappa shape index (κ3) is 5.85. The van der Waals surface area contributed by atoms with Gasteiger partial charge in [0.15, 0.2) is 6.20 Å². The number of rotatable bonds is 6. The molecule has 0 saturated carbocycles. The zero-order chi connectivity index (χ0) is 19.8. The van der Waals surface area contributed by atoms with E-state index < -0.39 is 10.9 Å². The van der Waals surface area contributed by atoms with Crippen LogP contribution in [-0.4, -0.2) is 41.6 Å². The van der Waals surface area contributed by atoms with Crippen molar-refractivity contribution in [3.63, 3.8) is 0 Å². The summed E-state index contributed by atoms with van der Waals surface area (Å²) < 4.78 is 7.10. The molecule has 0 atom stereocenters. The van der Waals surface area contributed by atoms with E-state index in [1.807, 2.05) is 43.1 Å². The summed E-state index contributed by atoms with van der Waals surface area (Å²) in [6.45, 7) is 3.83. The predicted octanol–water partition coefficient (Wildman–Crippen LogP) is 3.73. The number of nitrogens with zero attached hydrogens (tertiary/aromatic N) is 3. The molecule has 1 aromatic rings. The van der Waals surface area contributed by atoms with Crippen LogP contribution in [0.1, 0.15) is 20.3 Å². The molecule has 0 aliphatic carbocycles. The summed E-state index contributed by atoms with van der Waals surface area (Å²) in [5, 5.41) is 10.7. The fourth-order valence-corrected chi connectivity index (χ4v) is 2.38. The topological polar surface area (TPSA) is 84.8 Å². The van der Waals surface area contributed by atoms with Crippen LogP contribution in [0, 0.1) is 10.1 Å². The Labute approximate surface area is 157 Å². The van der Waals surface area contributed by atoms with Crippen molar-refractivity contribution in [2.45, 2.75) is 20.3 Å². The highest BCUT2D eigenvalue weighted by atomic mass is 16.6. The Morgan fingerprint density at radius 2 is 2.07 bits per heavy atom. The Morgan fingerprint density at radius 1 is 1.37 bits per heavy atom. The fourth-order valence-electron chi connectivity index (χ4n) is 2.38. The van der Waals surface area contributed by atoms with Gasteiger partial charge >= 0.3 is 5.97 Å². The number of hydrogen-bond donors (Lipinski definition) is 0. The molecule has 0 amide bonds. The summed E-state index contributed by atoms with van der Waals surface area (Å²) in [5.41, 5.74) is 2.64. The van der Waals surface area contributed by atoms with E-state index in [0.717, 1.165) is 17.6 Å². The first kappa shape index (κ1) is 20.0. The van der Waals surface area contributed by atoms with Crippen molar-refractivity contribution in [3.8, 4) is 0 Å². The fraction of sp³-hybridized carbons (Fsp3) is 0.250. The van der Waals surface area contributed by atoms with Crippen LogP contribution in [0.2, 0.25) is 0 Å². The first-order valence-electron chi connectivity index (χ1n) is 8.51. The summed E-state index contributed by atoms with van der Waals surface area (Å²) in [5.74, 6) is -0.460. The second-order valence-corrected chi connectivity index (χ2v) is 5.94. The maximum Gasteiger partial charge on any atom is 0.339 e. The van der Waals surface area contributed by atoms with E-state index in [-0.39, 0.29) is 12.3 Å². The highest BCUT2D eigenvalue weighted by molar-refractivity contribution is 6.11. The van der Waals surface area contributed by atoms with Crippen LogP contribution in [0.4, 0.5) is 11.4 Å². The van der Waals surface area contributed by atoms with Crippen LogP contribution in [0.25, 0.3) is 0 Å². The van der Waals surface area contributed by atoms with Crippen molar-refractivity contribution < 1.29 is 19.0 Å². The molecule has 2 rings (SSSR count). The second-order valence-electron chi connectivity index (χ2n) is 5.94. The van der Waals surface area contributed by atoms with E-state index in [1.54, 1.807) is 6.92 Å². The highest BCUT2D eigenvalue weighted by Crippen LogP contribution is 2.19. The van der Waals surface area contributed by atoms with Crippen LogP contribution in [0.5, 0.6) is 0 Å². The average molecular weight is 368 g/mol. The molecule has 7 nitrogen and oxygen atoms in total. The van der Waals surface area contributed by atoms with Gasteiger partial charge in [0.25, 0.3) is 5.69 Å². The Kier molecular flexibility index (Phi) is 6.93. The number of carbonyl (C=O) groups is 1. The van der Waals surface area contributed by atoms with E-state index in [2.05, 4.69) is 4.99 Å². The monoisotopic (exact) mass is 368 g/mol. The van der Waals surface area contributed by atoms with Crippen molar-refractivity contribution in [1.82, 2.24) is 0 Å². The maximum atomic E-state index is 12.3. The van der Waals surface area contributed by atoms with Crippen LogP contribution < -0.4 is 0 Å². The lowest BCUT2D eigenvalue weighted by Crippen LogP contribution is -2.11. The van der Waals surface area contributed by atoms with Gasteiger partial charge in [-0.1, -0.05) is 6.08 Å². The highest BCUT2D eigenvalue weighted by Gasteiger charge is 2.13. The third-order valence-electron chi connectivity index (χ3n) is 3.86. The van der Waals surface area contributed by atoms with Gasteiger partial charge in [0.05, 0.1) is 29.2 Å². The summed E-state index contributed by atoms with van der Waals surface area (Å²) in [4.78, 5) is 26.8. The smallest absolute Gasteiger partial charge is 0.339 e. The van der Waals surface area contributed by atoms with Crippen LogP contribution in [0.3, 0.4) is 0 Å². The number of non-ortho nitro benzene ring substituents is 1. The summed E-state index contributed by atoms with van der Waals surface area (Å²) in [6, 6.07) is 5.79. The Morgan fingerprint density at radius 3 is 2.63 bits per heavy atom. The number of benzene rings is 1. The lowest BCUT2D eigenvalue weighted by Gasteiger charge is -2.07. The first-order valence-corrected chi connectivity index (χ1v) is 8.51. The lowest BCUT2D eigenvalue weighted by atomic mass is 10.0. The SMILES string of the molecule is CCOC(=O)/C(C=Nc1ccc([N+](=O)[O-])cc1)=C(C)\C=C1/C=C[N+](C)=CC1. The van der Waals surface area contributed by atoms with Crippen molar-refractivity contribution in [3.05, 3.63) is 69.5 Å². The van der Waals surface area contributed by atoms with Gasteiger partial charge in [0, 0.05) is 24.4 Å². The molecule has 0 N–H and O–H groups in total. The van der Waals surface area contributed by atoms with E-state index in [1.165, 1.54) is 30.5 Å². The van der Waals surface area contributed by atoms with E-state index in [9.17, 15) is 14.9 Å². The number of ether oxygens (including phenoxy) is 1. The number of nitro groups is 1. The van der Waals surface area contributed by atoms with Crippen molar-refractivity contribution in [2.24, 2.45) is 4.99 Å². The normalized spacial score (nSPS) is 16.3. The molecule has 1 aliphatic heterocycles. The van der Waals surface area contributed by atoms with Gasteiger partial charge in [-0.2, -0.15) is 0 Å². The van der Waals surface area contributed by atoms with Gasteiger partial charge in [-0.05, 0) is 37.1 Å². The van der Waals surface area contributed by atoms with Crippen LogP contribution >= 0.6 is 0 Å². The molecule has 0 radical (unpaired) electrons. The molecule has 1 aromatic carbocycles. The molecule has 1 aliphatic rings. The Balaban J connectivity index is 2.31. The zero-order valence-electron chi connectivity index (χ0n) is 15.6. The third-order valence-corrected chi connectivity index (χ3v) is 3.86. The van der Waals surface area contributed by atoms with Gasteiger partial charge < -0.3 is 4.74 Å². The van der Waals surface area contributed by atoms with Gasteiger partial charge in [-0.3, -0.25) is 15.1 Å². The number of carbonyl (C=O) groups excluding carboxylic acids is 1. The number of allylic oxidation sites excluding steroid dienone is 4. The van der Waals surface area contributed by atoms with Crippen molar-refractivity contribution in [2.75, 3.05) is 13.7 Å². The minimum Gasteiger partial charge on any atom is -0.462 e. The summed E-state index contributed by atoms with van der Waals surface area (Å²) >= 11 is 0. The molecule has 0 aromatic heterocycles. The van der Waals surface area contributed by atoms with Crippen molar-refractivity contribution in [1.29, 1.82) is 0 Å². The molecule has 0 bridgehead atoms. The van der Waals surface area contributed by atoms with Crippen molar-refractivity contribution >= 4 is 29.8 Å². The van der Waals surface area contributed by atoms with E-state index in [4.69, 9.17) is 4.74 Å². The molecule has 1 heterocycles. The van der Waals surface area contributed by atoms with E-state index >= 15 is 0 Å². The molecule has 0 saturated heterocycles. The quantitative estimate of drug-likeness (QED) is 0.191. The van der Waals surface area contributed by atoms with Gasteiger partial charge in [0.1, 0.15) is 13.3 Å². The van der Waals surface area contributed by atoms with Crippen LogP contribution in [0.15, 0.2) is 64.3 Å². The first-order chi connectivity index (χ1) is 12.9. The summed E-state index contributed by atoms with van der Waals surface area (Å²) in [6.07, 6.45) is 10.1. The summed E-state index contributed by atoms with van der Waals surface area (Å²) in [7, 11) is 1.96. The standard InChI is InChI=1S/C20H22N3O4/c1-4-27-20(24)19(15(2)13-16-9-11-22(3)12-10-16)14-21-17-5-7-18(8-6-17)23(25)26/h5-9,11-14H,4,10H2,1-3H3/q+1/b16-13+,19-15-,21-14?. The van der Waals surface area contributed by atoms with E-state index in [0.29, 0.717) is 11.3 Å². The lowest BCUT2D eigenvalue weighted by molar-refractivity contribution is -0.419. The maximum absolute atomic E-state index is 12.3. The number of hydrogen-bond acceptors (Lipinski definition) is 5. The van der Waals surface area contributed by atoms with Gasteiger partial charge in [-0.15, -0.1) is 0 Å².